The van der Waals surface area contributed by atoms with Gasteiger partial charge >= 0.3 is 0 Å². The van der Waals surface area contributed by atoms with Crippen LogP contribution in [0.15, 0.2) is 18.2 Å². The van der Waals surface area contributed by atoms with Crippen LogP contribution in [0.4, 0.5) is 0 Å². The first-order valence-corrected chi connectivity index (χ1v) is 8.29. The molecule has 0 radical (unpaired) electrons. The lowest BCUT2D eigenvalue weighted by molar-refractivity contribution is -0.0505. The largest absolute Gasteiger partial charge is 0.508 e. The third kappa shape index (κ3) is 1.75. The number of hydrogen-bond acceptors (Lipinski definition) is 4. The molecule has 22 heavy (non-hydrogen) atoms. The van der Waals surface area contributed by atoms with Gasteiger partial charge in [0, 0.05) is 5.41 Å². The molecule has 1 aromatic carbocycles. The van der Waals surface area contributed by atoms with E-state index in [1.165, 1.54) is 11.1 Å². The van der Waals surface area contributed by atoms with Crippen LogP contribution in [-0.4, -0.2) is 38.7 Å². The van der Waals surface area contributed by atoms with Crippen LogP contribution in [0.25, 0.3) is 0 Å². The van der Waals surface area contributed by atoms with E-state index in [0.29, 0.717) is 11.7 Å². The standard InChI is InChI=1S/C18H24O4/c1-18-7-6-12-11-5-3-10(19)8-9(11)2-4-13(12)14(18)15(20)16(21)17(18)22/h3,5,8,12-17,19-22H,2,4,6-7H2,1H3/t12?,13-,14?,15-,16-,17+,18+/m1/s1. The molecule has 3 aliphatic rings. The highest BCUT2D eigenvalue weighted by atomic mass is 16.4. The van der Waals surface area contributed by atoms with Crippen molar-refractivity contribution in [3.8, 4) is 5.75 Å². The molecule has 2 fully saturated rings. The molecule has 4 rings (SSSR count). The molecule has 2 saturated carbocycles. The predicted molar refractivity (Wildman–Crippen MR) is 81.5 cm³/mol. The Morgan fingerprint density at radius 2 is 1.86 bits per heavy atom. The fourth-order valence-corrected chi connectivity index (χ4v) is 5.62. The van der Waals surface area contributed by atoms with Crippen LogP contribution in [0.1, 0.15) is 43.2 Å². The first-order valence-electron chi connectivity index (χ1n) is 8.29. The summed E-state index contributed by atoms with van der Waals surface area (Å²) >= 11 is 0. The number of fused-ring (bicyclic) bond motifs is 5. The lowest BCUT2D eigenvalue weighted by atomic mass is 9.55. The number of hydrogen-bond donors (Lipinski definition) is 4. The molecular formula is C18H24O4. The van der Waals surface area contributed by atoms with Crippen LogP contribution in [0.3, 0.4) is 0 Å². The quantitative estimate of drug-likeness (QED) is 0.586. The van der Waals surface area contributed by atoms with Crippen molar-refractivity contribution in [2.45, 2.75) is 56.8 Å². The fraction of sp³-hybridized carbons (Fsp3) is 0.667. The Morgan fingerprint density at radius 1 is 1.09 bits per heavy atom. The SMILES string of the molecule is C[C@]12CCC3c4ccc(O)cc4CC[C@H]3C1[C@@H](O)[C@@H](O)[C@@H]2O. The van der Waals surface area contributed by atoms with E-state index in [1.807, 2.05) is 19.1 Å². The smallest absolute Gasteiger partial charge is 0.115 e. The monoisotopic (exact) mass is 304 g/mol. The van der Waals surface area contributed by atoms with E-state index < -0.39 is 23.7 Å². The zero-order chi connectivity index (χ0) is 15.6. The van der Waals surface area contributed by atoms with Crippen molar-refractivity contribution in [1.82, 2.24) is 0 Å². The Morgan fingerprint density at radius 3 is 2.64 bits per heavy atom. The summed E-state index contributed by atoms with van der Waals surface area (Å²) in [5.41, 5.74) is 2.09. The maximum atomic E-state index is 10.5. The molecule has 3 aliphatic carbocycles. The first kappa shape index (κ1) is 14.5. The molecule has 1 aromatic rings. The average molecular weight is 304 g/mol. The van der Waals surface area contributed by atoms with Gasteiger partial charge in [0.05, 0.1) is 12.2 Å². The van der Waals surface area contributed by atoms with Crippen molar-refractivity contribution >= 4 is 0 Å². The Labute approximate surface area is 130 Å². The minimum Gasteiger partial charge on any atom is -0.508 e. The van der Waals surface area contributed by atoms with E-state index in [4.69, 9.17) is 0 Å². The number of phenols is 1. The van der Waals surface area contributed by atoms with Crippen LogP contribution >= 0.6 is 0 Å². The maximum Gasteiger partial charge on any atom is 0.115 e. The summed E-state index contributed by atoms with van der Waals surface area (Å²) in [7, 11) is 0. The second-order valence-corrected chi connectivity index (χ2v) is 7.69. The second kappa shape index (κ2) is 4.70. The van der Waals surface area contributed by atoms with Gasteiger partial charge in [0.2, 0.25) is 0 Å². The molecule has 0 amide bonds. The molecule has 0 heterocycles. The highest BCUT2D eigenvalue weighted by molar-refractivity contribution is 5.40. The van der Waals surface area contributed by atoms with Gasteiger partial charge in [0.15, 0.2) is 0 Å². The number of benzene rings is 1. The first-order chi connectivity index (χ1) is 10.4. The second-order valence-electron chi connectivity index (χ2n) is 7.69. The van der Waals surface area contributed by atoms with Gasteiger partial charge < -0.3 is 20.4 Å². The molecule has 4 heteroatoms. The molecule has 0 aliphatic heterocycles. The summed E-state index contributed by atoms with van der Waals surface area (Å²) in [5, 5.41) is 40.7. The van der Waals surface area contributed by atoms with E-state index in [9.17, 15) is 20.4 Å². The number of phenolic OH excluding ortho intramolecular Hbond substituents is 1. The van der Waals surface area contributed by atoms with Gasteiger partial charge in [-0.15, -0.1) is 0 Å². The normalized spacial score (nSPS) is 46.7. The van der Waals surface area contributed by atoms with Gasteiger partial charge in [0.1, 0.15) is 11.9 Å². The third-order valence-electron chi connectivity index (χ3n) is 6.72. The van der Waals surface area contributed by atoms with Gasteiger partial charge in [-0.1, -0.05) is 13.0 Å². The number of aryl methyl sites for hydroxylation is 1. The minimum atomic E-state index is -1.03. The average Bonchev–Trinajstić information content (AvgIpc) is 2.68. The van der Waals surface area contributed by atoms with Crippen LogP contribution < -0.4 is 0 Å². The molecule has 0 aromatic heterocycles. The predicted octanol–water partition coefficient (Wildman–Crippen LogP) is 1.55. The van der Waals surface area contributed by atoms with Gasteiger partial charge in [-0.25, -0.2) is 0 Å². The Hall–Kier alpha value is -1.10. The van der Waals surface area contributed by atoms with Crippen molar-refractivity contribution in [2.24, 2.45) is 17.3 Å². The van der Waals surface area contributed by atoms with E-state index in [-0.39, 0.29) is 11.8 Å². The lowest BCUT2D eigenvalue weighted by Gasteiger charge is -2.50. The molecule has 4 nitrogen and oxygen atoms in total. The molecule has 0 bridgehead atoms. The number of aromatic hydroxyl groups is 1. The summed E-state index contributed by atoms with van der Waals surface area (Å²) in [5.74, 6) is 0.898. The number of aliphatic hydroxyl groups is 3. The molecule has 0 spiro atoms. The van der Waals surface area contributed by atoms with Gasteiger partial charge in [-0.3, -0.25) is 0 Å². The number of aliphatic hydroxyl groups excluding tert-OH is 3. The zero-order valence-electron chi connectivity index (χ0n) is 12.8. The highest BCUT2D eigenvalue weighted by Crippen LogP contribution is 2.60. The van der Waals surface area contributed by atoms with Gasteiger partial charge in [-0.2, -0.15) is 0 Å². The minimum absolute atomic E-state index is 0.0572. The summed E-state index contributed by atoms with van der Waals surface area (Å²) in [6, 6.07) is 5.61. The van der Waals surface area contributed by atoms with E-state index in [0.717, 1.165) is 25.7 Å². The third-order valence-corrected chi connectivity index (χ3v) is 6.72. The highest BCUT2D eigenvalue weighted by Gasteiger charge is 2.62. The summed E-state index contributed by atoms with van der Waals surface area (Å²) in [6.45, 7) is 2.02. The van der Waals surface area contributed by atoms with E-state index >= 15 is 0 Å². The topological polar surface area (TPSA) is 80.9 Å². The molecule has 120 valence electrons. The zero-order valence-corrected chi connectivity index (χ0v) is 12.8. The Kier molecular flexibility index (Phi) is 3.09. The molecular weight excluding hydrogens is 280 g/mol. The van der Waals surface area contributed by atoms with Gasteiger partial charge in [-0.05, 0) is 66.7 Å². The van der Waals surface area contributed by atoms with Crippen molar-refractivity contribution in [1.29, 1.82) is 0 Å². The molecule has 0 saturated heterocycles. The Balaban J connectivity index is 1.74. The summed E-state index contributed by atoms with van der Waals surface area (Å²) in [4.78, 5) is 0. The summed E-state index contributed by atoms with van der Waals surface area (Å²) in [6.07, 6.45) is 0.894. The van der Waals surface area contributed by atoms with Crippen molar-refractivity contribution < 1.29 is 20.4 Å². The Bertz CT molecular complexity index is 601. The lowest BCUT2D eigenvalue weighted by Crippen LogP contribution is -2.46. The van der Waals surface area contributed by atoms with Gasteiger partial charge in [0.25, 0.3) is 0 Å². The molecule has 4 N–H and O–H groups in total. The van der Waals surface area contributed by atoms with Crippen LogP contribution in [0, 0.1) is 17.3 Å². The van der Waals surface area contributed by atoms with E-state index in [2.05, 4.69) is 0 Å². The van der Waals surface area contributed by atoms with Crippen LogP contribution in [0.5, 0.6) is 5.75 Å². The van der Waals surface area contributed by atoms with Crippen LogP contribution in [0.2, 0.25) is 0 Å². The molecule has 2 unspecified atom stereocenters. The fourth-order valence-electron chi connectivity index (χ4n) is 5.62. The van der Waals surface area contributed by atoms with Crippen molar-refractivity contribution in [3.63, 3.8) is 0 Å². The van der Waals surface area contributed by atoms with E-state index in [1.54, 1.807) is 6.07 Å². The number of rotatable bonds is 0. The van der Waals surface area contributed by atoms with Crippen molar-refractivity contribution in [2.75, 3.05) is 0 Å². The maximum absolute atomic E-state index is 10.5. The molecule has 7 atom stereocenters. The van der Waals surface area contributed by atoms with Crippen LogP contribution in [-0.2, 0) is 6.42 Å². The summed E-state index contributed by atoms with van der Waals surface area (Å²) < 4.78 is 0. The van der Waals surface area contributed by atoms with Crippen molar-refractivity contribution in [3.05, 3.63) is 29.3 Å².